The number of rotatable bonds is 3. The Morgan fingerprint density at radius 2 is 2.20 bits per heavy atom. The van der Waals surface area contributed by atoms with E-state index in [9.17, 15) is 0 Å². The Labute approximate surface area is 91.4 Å². The molecule has 0 bridgehead atoms. The van der Waals surface area contributed by atoms with Crippen LogP contribution in [0.3, 0.4) is 0 Å². The number of benzene rings is 1. The molecule has 0 saturated heterocycles. The normalized spacial score (nSPS) is 24.4. The van der Waals surface area contributed by atoms with E-state index in [4.69, 9.17) is 10.5 Å². The van der Waals surface area contributed by atoms with Gasteiger partial charge in [0.25, 0.3) is 0 Å². The zero-order chi connectivity index (χ0) is 10.7. The molecule has 0 amide bonds. The highest BCUT2D eigenvalue weighted by molar-refractivity contribution is 5.36. The van der Waals surface area contributed by atoms with Gasteiger partial charge in [0.1, 0.15) is 5.75 Å². The minimum Gasteiger partial charge on any atom is -0.493 e. The van der Waals surface area contributed by atoms with Gasteiger partial charge in [-0.2, -0.15) is 0 Å². The standard InChI is InChI=1S/C13H19NO/c1-2-7-13(9-14)8-11-5-3-4-6-12(11)15-10-13/h3-6H,2,7-10,14H2,1H3. The van der Waals surface area contributed by atoms with Gasteiger partial charge in [-0.1, -0.05) is 31.5 Å². The van der Waals surface area contributed by atoms with Crippen LogP contribution < -0.4 is 10.5 Å². The minimum atomic E-state index is 0.170. The summed E-state index contributed by atoms with van der Waals surface area (Å²) in [5.74, 6) is 1.04. The molecule has 2 rings (SSSR count). The van der Waals surface area contributed by atoms with Crippen molar-refractivity contribution in [2.24, 2.45) is 11.1 Å². The van der Waals surface area contributed by atoms with Gasteiger partial charge in [0.05, 0.1) is 6.61 Å². The molecule has 0 aliphatic carbocycles. The quantitative estimate of drug-likeness (QED) is 0.822. The highest BCUT2D eigenvalue weighted by Gasteiger charge is 2.33. The third-order valence-corrected chi connectivity index (χ3v) is 3.29. The second-order valence-electron chi connectivity index (χ2n) is 4.53. The van der Waals surface area contributed by atoms with Crippen LogP contribution in [0.1, 0.15) is 25.3 Å². The van der Waals surface area contributed by atoms with Crippen molar-refractivity contribution < 1.29 is 4.74 Å². The van der Waals surface area contributed by atoms with Gasteiger partial charge in [0.15, 0.2) is 0 Å². The van der Waals surface area contributed by atoms with Gasteiger partial charge in [0, 0.05) is 12.0 Å². The third-order valence-electron chi connectivity index (χ3n) is 3.29. The fourth-order valence-electron chi connectivity index (χ4n) is 2.40. The smallest absolute Gasteiger partial charge is 0.122 e. The molecule has 1 aromatic rings. The number of fused-ring (bicyclic) bond motifs is 1. The Hall–Kier alpha value is -1.02. The molecule has 2 heteroatoms. The van der Waals surface area contributed by atoms with E-state index in [1.165, 1.54) is 12.0 Å². The zero-order valence-electron chi connectivity index (χ0n) is 9.33. The number of ether oxygens (including phenoxy) is 1. The Kier molecular flexibility index (Phi) is 2.96. The second kappa shape index (κ2) is 4.23. The van der Waals surface area contributed by atoms with Crippen molar-refractivity contribution in [3.63, 3.8) is 0 Å². The van der Waals surface area contributed by atoms with Crippen molar-refractivity contribution in [2.45, 2.75) is 26.2 Å². The van der Waals surface area contributed by atoms with Crippen LogP contribution in [0, 0.1) is 5.41 Å². The summed E-state index contributed by atoms with van der Waals surface area (Å²) in [6.45, 7) is 3.70. The minimum absolute atomic E-state index is 0.170. The Balaban J connectivity index is 2.22. The molecule has 0 radical (unpaired) electrons. The van der Waals surface area contributed by atoms with Gasteiger partial charge in [-0.3, -0.25) is 0 Å². The fraction of sp³-hybridized carbons (Fsp3) is 0.538. The lowest BCUT2D eigenvalue weighted by Crippen LogP contribution is -2.41. The molecule has 2 N–H and O–H groups in total. The molecule has 2 nitrogen and oxygen atoms in total. The maximum atomic E-state index is 5.90. The lowest BCUT2D eigenvalue weighted by Gasteiger charge is -2.37. The van der Waals surface area contributed by atoms with Crippen molar-refractivity contribution in [3.8, 4) is 5.75 Å². The van der Waals surface area contributed by atoms with Crippen molar-refractivity contribution in [3.05, 3.63) is 29.8 Å². The molecule has 0 spiro atoms. The summed E-state index contributed by atoms with van der Waals surface area (Å²) >= 11 is 0. The van der Waals surface area contributed by atoms with Crippen molar-refractivity contribution >= 4 is 0 Å². The summed E-state index contributed by atoms with van der Waals surface area (Å²) in [6, 6.07) is 8.28. The van der Waals surface area contributed by atoms with Crippen LogP contribution in [0.2, 0.25) is 0 Å². The zero-order valence-corrected chi connectivity index (χ0v) is 9.33. The average molecular weight is 205 g/mol. The van der Waals surface area contributed by atoms with Gasteiger partial charge in [-0.05, 0) is 24.5 Å². The van der Waals surface area contributed by atoms with Crippen LogP contribution in [0.15, 0.2) is 24.3 Å². The average Bonchev–Trinajstić information content (AvgIpc) is 2.29. The summed E-state index contributed by atoms with van der Waals surface area (Å²) in [5.41, 5.74) is 7.38. The van der Waals surface area contributed by atoms with E-state index in [2.05, 4.69) is 19.1 Å². The predicted molar refractivity (Wildman–Crippen MR) is 62.0 cm³/mol. The second-order valence-corrected chi connectivity index (χ2v) is 4.53. The van der Waals surface area contributed by atoms with Gasteiger partial charge in [-0.25, -0.2) is 0 Å². The first-order chi connectivity index (χ1) is 7.29. The summed E-state index contributed by atoms with van der Waals surface area (Å²) in [5, 5.41) is 0. The maximum Gasteiger partial charge on any atom is 0.122 e. The molecule has 1 atom stereocenters. The van der Waals surface area contributed by atoms with Crippen molar-refractivity contribution in [1.82, 2.24) is 0 Å². The van der Waals surface area contributed by atoms with Gasteiger partial charge < -0.3 is 10.5 Å². The Morgan fingerprint density at radius 1 is 1.40 bits per heavy atom. The van der Waals surface area contributed by atoms with Crippen LogP contribution in [-0.4, -0.2) is 13.2 Å². The number of nitrogens with two attached hydrogens (primary N) is 1. The highest BCUT2D eigenvalue weighted by Crippen LogP contribution is 2.36. The molecule has 1 unspecified atom stereocenters. The van der Waals surface area contributed by atoms with E-state index in [0.29, 0.717) is 0 Å². The molecular weight excluding hydrogens is 186 g/mol. The molecule has 0 fully saturated rings. The van der Waals surface area contributed by atoms with E-state index in [1.54, 1.807) is 0 Å². The van der Waals surface area contributed by atoms with Crippen LogP contribution in [-0.2, 0) is 6.42 Å². The molecule has 0 saturated carbocycles. The summed E-state index contributed by atoms with van der Waals surface area (Å²) in [4.78, 5) is 0. The SMILES string of the molecule is CCCC1(CN)COc2ccccc2C1. The molecule has 1 aliphatic rings. The number of hydrogen-bond donors (Lipinski definition) is 1. The van der Waals surface area contributed by atoms with E-state index in [1.807, 2.05) is 12.1 Å². The van der Waals surface area contributed by atoms with E-state index >= 15 is 0 Å². The van der Waals surface area contributed by atoms with Crippen LogP contribution >= 0.6 is 0 Å². The first kappa shape index (κ1) is 10.5. The largest absolute Gasteiger partial charge is 0.493 e. The molecule has 1 heterocycles. The van der Waals surface area contributed by atoms with Crippen LogP contribution in [0.4, 0.5) is 0 Å². The van der Waals surface area contributed by atoms with Crippen LogP contribution in [0.5, 0.6) is 5.75 Å². The van der Waals surface area contributed by atoms with Gasteiger partial charge in [-0.15, -0.1) is 0 Å². The topological polar surface area (TPSA) is 35.2 Å². The number of hydrogen-bond acceptors (Lipinski definition) is 2. The third kappa shape index (κ3) is 2.00. The summed E-state index contributed by atoms with van der Waals surface area (Å²) in [6.07, 6.45) is 3.38. The Bertz CT molecular complexity index is 337. The van der Waals surface area contributed by atoms with Gasteiger partial charge >= 0.3 is 0 Å². The summed E-state index contributed by atoms with van der Waals surface area (Å²) < 4.78 is 5.80. The first-order valence-electron chi connectivity index (χ1n) is 5.70. The molecule has 1 aromatic carbocycles. The van der Waals surface area contributed by atoms with E-state index < -0.39 is 0 Å². The lowest BCUT2D eigenvalue weighted by molar-refractivity contribution is 0.116. The molecule has 1 aliphatic heterocycles. The van der Waals surface area contributed by atoms with Crippen molar-refractivity contribution in [1.29, 1.82) is 0 Å². The van der Waals surface area contributed by atoms with Gasteiger partial charge in [0.2, 0.25) is 0 Å². The van der Waals surface area contributed by atoms with Crippen molar-refractivity contribution in [2.75, 3.05) is 13.2 Å². The van der Waals surface area contributed by atoms with E-state index in [0.717, 1.165) is 31.7 Å². The first-order valence-corrected chi connectivity index (χ1v) is 5.70. The van der Waals surface area contributed by atoms with E-state index in [-0.39, 0.29) is 5.41 Å². The molecular formula is C13H19NO. The molecule has 0 aromatic heterocycles. The van der Waals surface area contributed by atoms with Crippen LogP contribution in [0.25, 0.3) is 0 Å². The highest BCUT2D eigenvalue weighted by atomic mass is 16.5. The predicted octanol–water partition coefficient (Wildman–Crippen LogP) is 2.37. The lowest BCUT2D eigenvalue weighted by atomic mass is 9.77. The summed E-state index contributed by atoms with van der Waals surface area (Å²) in [7, 11) is 0. The fourth-order valence-corrected chi connectivity index (χ4v) is 2.40. The maximum absolute atomic E-state index is 5.90. The monoisotopic (exact) mass is 205 g/mol. The number of para-hydroxylation sites is 1. The molecule has 82 valence electrons. The Morgan fingerprint density at radius 3 is 2.93 bits per heavy atom. The molecule has 15 heavy (non-hydrogen) atoms.